The van der Waals surface area contributed by atoms with Crippen molar-refractivity contribution in [3.05, 3.63) is 54.2 Å². The lowest BCUT2D eigenvalue weighted by Gasteiger charge is -2.13. The average molecular weight is 218 g/mol. The van der Waals surface area contributed by atoms with Gasteiger partial charge >= 0.3 is 0 Å². The van der Waals surface area contributed by atoms with Crippen molar-refractivity contribution >= 4 is 0 Å². The van der Waals surface area contributed by atoms with Crippen LogP contribution in [-0.4, -0.2) is 9.97 Å². The van der Waals surface area contributed by atoms with Gasteiger partial charge in [0.1, 0.15) is 12.4 Å². The van der Waals surface area contributed by atoms with E-state index in [4.69, 9.17) is 4.74 Å². The molecule has 2 rings (SSSR count). The third kappa shape index (κ3) is 2.53. The largest absolute Gasteiger partial charge is 0.470 e. The molecule has 1 aromatic heterocycles. The molecule has 0 saturated carbocycles. The van der Waals surface area contributed by atoms with E-state index in [2.05, 4.69) is 9.97 Å². The van der Waals surface area contributed by atoms with E-state index >= 15 is 0 Å². The Balaban J connectivity index is 2.11. The van der Waals surface area contributed by atoms with Gasteiger partial charge in [-0.05, 0) is 12.5 Å². The predicted molar refractivity (Wildman–Crippen MR) is 57.5 cm³/mol. The minimum atomic E-state index is -0.592. The number of nitrogens with zero attached hydrogens (tertiary/aromatic N) is 2. The zero-order valence-corrected chi connectivity index (χ0v) is 8.80. The minimum Gasteiger partial charge on any atom is -0.470 e. The van der Waals surface area contributed by atoms with Gasteiger partial charge in [0.2, 0.25) is 11.8 Å². The Bertz CT molecular complexity index is 462. The van der Waals surface area contributed by atoms with Crippen molar-refractivity contribution in [1.29, 1.82) is 0 Å². The number of hydrogen-bond acceptors (Lipinski definition) is 3. The van der Waals surface area contributed by atoms with Crippen LogP contribution in [-0.2, 0) is 0 Å². The number of benzene rings is 1. The standard InChI is InChI=1S/C12H11FN2O/c1-9(10-5-3-2-4-6-10)16-12-7-11(13)14-8-15-12/h2-9H,1H3. The Hall–Kier alpha value is -1.97. The predicted octanol–water partition coefficient (Wildman–Crippen LogP) is 2.76. The van der Waals surface area contributed by atoms with E-state index in [9.17, 15) is 4.39 Å². The molecule has 0 N–H and O–H groups in total. The highest BCUT2D eigenvalue weighted by Gasteiger charge is 2.07. The molecule has 0 aliphatic heterocycles. The monoisotopic (exact) mass is 218 g/mol. The van der Waals surface area contributed by atoms with Gasteiger partial charge in [-0.15, -0.1) is 0 Å². The number of hydrogen-bond donors (Lipinski definition) is 0. The van der Waals surface area contributed by atoms with E-state index in [1.165, 1.54) is 6.07 Å². The fourth-order valence-corrected chi connectivity index (χ4v) is 1.36. The molecule has 3 nitrogen and oxygen atoms in total. The van der Waals surface area contributed by atoms with Crippen LogP contribution in [0.3, 0.4) is 0 Å². The summed E-state index contributed by atoms with van der Waals surface area (Å²) in [5, 5.41) is 0. The average Bonchev–Trinajstić information content (AvgIpc) is 2.30. The van der Waals surface area contributed by atoms with Gasteiger partial charge in [-0.25, -0.2) is 9.97 Å². The van der Waals surface area contributed by atoms with Crippen molar-refractivity contribution < 1.29 is 9.13 Å². The van der Waals surface area contributed by atoms with Crippen LogP contribution in [0.5, 0.6) is 5.88 Å². The van der Waals surface area contributed by atoms with Gasteiger partial charge in [0.15, 0.2) is 0 Å². The molecule has 1 aromatic carbocycles. The highest BCUT2D eigenvalue weighted by Crippen LogP contribution is 2.19. The number of ether oxygens (including phenoxy) is 1. The molecule has 1 heterocycles. The van der Waals surface area contributed by atoms with Crippen LogP contribution in [0.25, 0.3) is 0 Å². The van der Waals surface area contributed by atoms with E-state index in [1.807, 2.05) is 37.3 Å². The molecule has 0 fully saturated rings. The van der Waals surface area contributed by atoms with Crippen LogP contribution < -0.4 is 4.74 Å². The highest BCUT2D eigenvalue weighted by molar-refractivity contribution is 5.18. The maximum Gasteiger partial charge on any atom is 0.219 e. The normalized spacial score (nSPS) is 12.1. The topological polar surface area (TPSA) is 35.0 Å². The van der Waals surface area contributed by atoms with Crippen LogP contribution in [0.2, 0.25) is 0 Å². The van der Waals surface area contributed by atoms with Crippen molar-refractivity contribution in [3.8, 4) is 5.88 Å². The molecule has 0 aliphatic carbocycles. The molecule has 2 aromatic rings. The van der Waals surface area contributed by atoms with E-state index in [-0.39, 0.29) is 12.0 Å². The first-order chi connectivity index (χ1) is 7.75. The van der Waals surface area contributed by atoms with E-state index in [0.29, 0.717) is 0 Å². The quantitative estimate of drug-likeness (QED) is 0.743. The van der Waals surface area contributed by atoms with Gasteiger partial charge in [-0.3, -0.25) is 0 Å². The molecule has 0 saturated heterocycles. The van der Waals surface area contributed by atoms with Crippen molar-refractivity contribution in [2.75, 3.05) is 0 Å². The van der Waals surface area contributed by atoms with E-state index in [0.717, 1.165) is 11.9 Å². The summed E-state index contributed by atoms with van der Waals surface area (Å²) in [5.74, 6) is -0.353. The first-order valence-electron chi connectivity index (χ1n) is 4.95. The maximum atomic E-state index is 12.8. The highest BCUT2D eigenvalue weighted by atomic mass is 19.1. The number of aromatic nitrogens is 2. The molecular weight excluding hydrogens is 207 g/mol. The van der Waals surface area contributed by atoms with Crippen LogP contribution in [0.1, 0.15) is 18.6 Å². The smallest absolute Gasteiger partial charge is 0.219 e. The molecule has 1 unspecified atom stereocenters. The van der Waals surface area contributed by atoms with Gasteiger partial charge in [0.05, 0.1) is 6.07 Å². The molecule has 82 valence electrons. The molecule has 16 heavy (non-hydrogen) atoms. The van der Waals surface area contributed by atoms with E-state index in [1.54, 1.807) is 0 Å². The Morgan fingerprint density at radius 1 is 1.19 bits per heavy atom. The molecule has 4 heteroatoms. The van der Waals surface area contributed by atoms with Gasteiger partial charge in [0, 0.05) is 0 Å². The number of halogens is 1. The van der Waals surface area contributed by atoms with Crippen molar-refractivity contribution in [3.63, 3.8) is 0 Å². The summed E-state index contributed by atoms with van der Waals surface area (Å²) >= 11 is 0. The molecule has 0 aliphatic rings. The van der Waals surface area contributed by atoms with Crippen molar-refractivity contribution in [1.82, 2.24) is 9.97 Å². The second-order valence-electron chi connectivity index (χ2n) is 3.35. The summed E-state index contributed by atoms with van der Waals surface area (Å²) in [7, 11) is 0. The van der Waals surface area contributed by atoms with Gasteiger partial charge < -0.3 is 4.74 Å². The Morgan fingerprint density at radius 2 is 1.94 bits per heavy atom. The molecule has 0 amide bonds. The lowest BCUT2D eigenvalue weighted by atomic mass is 10.1. The fourth-order valence-electron chi connectivity index (χ4n) is 1.36. The number of rotatable bonds is 3. The summed E-state index contributed by atoms with van der Waals surface area (Å²) in [6, 6.07) is 10.8. The zero-order valence-electron chi connectivity index (χ0n) is 8.80. The molecular formula is C12H11FN2O. The van der Waals surface area contributed by atoms with Crippen molar-refractivity contribution in [2.24, 2.45) is 0 Å². The van der Waals surface area contributed by atoms with Crippen LogP contribution in [0.4, 0.5) is 4.39 Å². The first kappa shape index (κ1) is 10.5. The second-order valence-corrected chi connectivity index (χ2v) is 3.35. The summed E-state index contributed by atoms with van der Waals surface area (Å²) < 4.78 is 18.3. The first-order valence-corrected chi connectivity index (χ1v) is 4.95. The second kappa shape index (κ2) is 4.70. The lowest BCUT2D eigenvalue weighted by molar-refractivity contribution is 0.215. The van der Waals surface area contributed by atoms with Crippen LogP contribution in [0, 0.1) is 5.95 Å². The molecule has 1 atom stereocenters. The third-order valence-corrected chi connectivity index (χ3v) is 2.18. The van der Waals surface area contributed by atoms with Crippen molar-refractivity contribution in [2.45, 2.75) is 13.0 Å². The lowest BCUT2D eigenvalue weighted by Crippen LogP contribution is -2.04. The van der Waals surface area contributed by atoms with Gasteiger partial charge in [-0.1, -0.05) is 30.3 Å². The molecule has 0 radical (unpaired) electrons. The van der Waals surface area contributed by atoms with Gasteiger partial charge in [0.25, 0.3) is 0 Å². The maximum absolute atomic E-state index is 12.8. The van der Waals surface area contributed by atoms with E-state index < -0.39 is 5.95 Å². The summed E-state index contributed by atoms with van der Waals surface area (Å²) in [6.45, 7) is 1.88. The summed E-state index contributed by atoms with van der Waals surface area (Å²) in [6.07, 6.45) is 0.970. The Labute approximate surface area is 92.9 Å². The third-order valence-electron chi connectivity index (χ3n) is 2.18. The Morgan fingerprint density at radius 3 is 2.62 bits per heavy atom. The molecule has 0 bridgehead atoms. The van der Waals surface area contributed by atoms with Gasteiger partial charge in [-0.2, -0.15) is 4.39 Å². The summed E-state index contributed by atoms with van der Waals surface area (Å²) in [4.78, 5) is 7.19. The zero-order chi connectivity index (χ0) is 11.4. The minimum absolute atomic E-state index is 0.171. The fraction of sp³-hybridized carbons (Fsp3) is 0.167. The van der Waals surface area contributed by atoms with Crippen LogP contribution in [0.15, 0.2) is 42.7 Å². The summed E-state index contributed by atoms with van der Waals surface area (Å²) in [5.41, 5.74) is 1.02. The molecule has 0 spiro atoms. The Kier molecular flexibility index (Phi) is 3.10. The van der Waals surface area contributed by atoms with Crippen LogP contribution >= 0.6 is 0 Å². The SMILES string of the molecule is CC(Oc1cc(F)ncn1)c1ccccc1.